The number of nitrogens with zero attached hydrogens (tertiary/aromatic N) is 1. The summed E-state index contributed by atoms with van der Waals surface area (Å²) in [6.45, 7) is 3.66. The fourth-order valence-electron chi connectivity index (χ4n) is 1.88. The number of rotatable bonds is 5. The Balaban J connectivity index is 1.96. The molecule has 2 rings (SSSR count). The number of hydrogen-bond donors (Lipinski definition) is 3. The summed E-state index contributed by atoms with van der Waals surface area (Å²) in [4.78, 5) is 1.29. The third-order valence-corrected chi connectivity index (χ3v) is 4.61. The smallest absolute Gasteiger partial charge is 0.170 e. The van der Waals surface area contributed by atoms with E-state index in [9.17, 15) is 0 Å². The highest BCUT2D eigenvalue weighted by molar-refractivity contribution is 9.11. The highest BCUT2D eigenvalue weighted by Gasteiger charge is 2.04. The van der Waals surface area contributed by atoms with Crippen LogP contribution in [-0.4, -0.2) is 11.0 Å². The Kier molecular flexibility index (Phi) is 5.17. The van der Waals surface area contributed by atoms with Gasteiger partial charge in [0.2, 0.25) is 0 Å². The Morgan fingerprint density at radius 1 is 1.35 bits per heavy atom. The van der Waals surface area contributed by atoms with Gasteiger partial charge in [-0.25, -0.2) is 0 Å². The number of thiophene rings is 1. The summed E-state index contributed by atoms with van der Waals surface area (Å²) in [7, 11) is 0. The van der Waals surface area contributed by atoms with Crippen molar-refractivity contribution in [1.29, 1.82) is 0 Å². The zero-order valence-corrected chi connectivity index (χ0v) is 13.5. The molecule has 0 spiro atoms. The van der Waals surface area contributed by atoms with Crippen molar-refractivity contribution >= 4 is 33.1 Å². The average Bonchev–Trinajstić information content (AvgIpc) is 2.85. The van der Waals surface area contributed by atoms with Crippen LogP contribution in [0.3, 0.4) is 0 Å². The van der Waals surface area contributed by atoms with E-state index < -0.39 is 0 Å². The molecular formula is C14H16BrN3OS. The van der Waals surface area contributed by atoms with Crippen LogP contribution in [0.5, 0.6) is 0 Å². The van der Waals surface area contributed by atoms with Gasteiger partial charge in [0.25, 0.3) is 0 Å². The molecule has 0 bridgehead atoms. The monoisotopic (exact) mass is 353 g/mol. The number of hydrogen-bond acceptors (Lipinski definition) is 4. The molecule has 20 heavy (non-hydrogen) atoms. The average molecular weight is 354 g/mol. The van der Waals surface area contributed by atoms with Crippen molar-refractivity contribution in [2.75, 3.05) is 0 Å². The molecule has 1 aromatic carbocycles. The third kappa shape index (κ3) is 3.82. The lowest BCUT2D eigenvalue weighted by Gasteiger charge is -2.09. The van der Waals surface area contributed by atoms with Crippen LogP contribution < -0.4 is 11.1 Å². The van der Waals surface area contributed by atoms with E-state index >= 15 is 0 Å². The Bertz CT molecular complexity index is 625. The van der Waals surface area contributed by atoms with Crippen molar-refractivity contribution in [3.8, 4) is 0 Å². The zero-order valence-electron chi connectivity index (χ0n) is 11.1. The number of aryl methyl sites for hydroxylation is 1. The number of nitrogens with one attached hydrogen (secondary N) is 1. The van der Waals surface area contributed by atoms with Crippen LogP contribution in [0, 0.1) is 6.92 Å². The maximum absolute atomic E-state index is 8.67. The van der Waals surface area contributed by atoms with Gasteiger partial charge in [0, 0.05) is 23.5 Å². The molecule has 0 saturated carbocycles. The van der Waals surface area contributed by atoms with Gasteiger partial charge >= 0.3 is 0 Å². The first-order chi connectivity index (χ1) is 9.60. The molecule has 0 saturated heterocycles. The molecule has 0 amide bonds. The molecule has 1 heterocycles. The van der Waals surface area contributed by atoms with Gasteiger partial charge < -0.3 is 16.3 Å². The Hall–Kier alpha value is -1.37. The number of benzene rings is 1. The van der Waals surface area contributed by atoms with Gasteiger partial charge in [0.05, 0.1) is 3.79 Å². The van der Waals surface area contributed by atoms with Crippen molar-refractivity contribution in [2.45, 2.75) is 20.0 Å². The molecule has 2 aromatic rings. The molecule has 0 fully saturated rings. The van der Waals surface area contributed by atoms with E-state index in [1.165, 1.54) is 10.4 Å². The topological polar surface area (TPSA) is 70.6 Å². The Morgan fingerprint density at radius 3 is 2.75 bits per heavy atom. The zero-order chi connectivity index (χ0) is 14.5. The minimum atomic E-state index is 0.135. The maximum Gasteiger partial charge on any atom is 0.170 e. The second-order valence-corrected chi connectivity index (χ2v) is 6.98. The molecule has 0 unspecified atom stereocenters. The SMILES string of the molecule is Cc1cc(/C(N)=N/O)ccc1CNCc1ccc(Br)s1. The summed E-state index contributed by atoms with van der Waals surface area (Å²) in [6.07, 6.45) is 0. The van der Waals surface area contributed by atoms with Crippen molar-refractivity contribution in [3.63, 3.8) is 0 Å². The van der Waals surface area contributed by atoms with Gasteiger partial charge in [-0.2, -0.15) is 0 Å². The van der Waals surface area contributed by atoms with Crippen molar-refractivity contribution in [2.24, 2.45) is 10.9 Å². The van der Waals surface area contributed by atoms with E-state index in [1.54, 1.807) is 11.3 Å². The van der Waals surface area contributed by atoms with Gasteiger partial charge in [0.1, 0.15) is 0 Å². The van der Waals surface area contributed by atoms with Crippen LogP contribution in [0.15, 0.2) is 39.3 Å². The van der Waals surface area contributed by atoms with Gasteiger partial charge in [-0.05, 0) is 52.2 Å². The lowest BCUT2D eigenvalue weighted by molar-refractivity contribution is 0.318. The van der Waals surface area contributed by atoms with E-state index in [2.05, 4.69) is 38.5 Å². The highest BCUT2D eigenvalue weighted by atomic mass is 79.9. The van der Waals surface area contributed by atoms with E-state index in [4.69, 9.17) is 10.9 Å². The summed E-state index contributed by atoms with van der Waals surface area (Å²) in [5.41, 5.74) is 8.63. The van der Waals surface area contributed by atoms with Crippen LogP contribution in [-0.2, 0) is 13.1 Å². The molecule has 4 nitrogen and oxygen atoms in total. The Morgan fingerprint density at radius 2 is 2.15 bits per heavy atom. The molecule has 0 atom stereocenters. The lowest BCUT2D eigenvalue weighted by Crippen LogP contribution is -2.15. The standard InChI is InChI=1S/C14H16BrN3OS/c1-9-6-10(14(16)18-19)2-3-11(9)7-17-8-12-4-5-13(15)20-12/h2-6,17,19H,7-8H2,1H3,(H2,16,18). The molecule has 106 valence electrons. The van der Waals surface area contributed by atoms with Crippen LogP contribution in [0.25, 0.3) is 0 Å². The van der Waals surface area contributed by atoms with Crippen LogP contribution in [0.2, 0.25) is 0 Å². The molecule has 0 aliphatic rings. The van der Waals surface area contributed by atoms with Gasteiger partial charge in [0.15, 0.2) is 5.84 Å². The summed E-state index contributed by atoms with van der Waals surface area (Å²) in [5, 5.41) is 15.1. The first-order valence-electron chi connectivity index (χ1n) is 6.12. The minimum Gasteiger partial charge on any atom is -0.409 e. The number of nitrogens with two attached hydrogens (primary N) is 1. The second kappa shape index (κ2) is 6.88. The maximum atomic E-state index is 8.67. The number of halogens is 1. The fourth-order valence-corrected chi connectivity index (χ4v) is 3.33. The van der Waals surface area contributed by atoms with E-state index in [1.807, 2.05) is 25.1 Å². The predicted octanol–water partition coefficient (Wildman–Crippen LogP) is 3.20. The minimum absolute atomic E-state index is 0.135. The molecule has 4 N–H and O–H groups in total. The molecular weight excluding hydrogens is 338 g/mol. The molecule has 0 aliphatic heterocycles. The molecule has 0 aliphatic carbocycles. The molecule has 0 radical (unpaired) electrons. The first-order valence-corrected chi connectivity index (χ1v) is 7.73. The largest absolute Gasteiger partial charge is 0.409 e. The van der Waals surface area contributed by atoms with Gasteiger partial charge in [-0.1, -0.05) is 17.3 Å². The van der Waals surface area contributed by atoms with Crippen molar-refractivity contribution in [3.05, 3.63) is 55.7 Å². The highest BCUT2D eigenvalue weighted by Crippen LogP contribution is 2.22. The van der Waals surface area contributed by atoms with Crippen molar-refractivity contribution < 1.29 is 5.21 Å². The first kappa shape index (κ1) is 15.0. The summed E-state index contributed by atoms with van der Waals surface area (Å²) < 4.78 is 1.15. The predicted molar refractivity (Wildman–Crippen MR) is 86.3 cm³/mol. The van der Waals surface area contributed by atoms with Crippen molar-refractivity contribution in [1.82, 2.24) is 5.32 Å². The van der Waals surface area contributed by atoms with Crippen LogP contribution in [0.1, 0.15) is 21.6 Å². The van der Waals surface area contributed by atoms with Crippen LogP contribution >= 0.6 is 27.3 Å². The van der Waals surface area contributed by atoms with Gasteiger partial charge in [-0.3, -0.25) is 0 Å². The Labute approximate surface area is 130 Å². The molecule has 6 heteroatoms. The summed E-state index contributed by atoms with van der Waals surface area (Å²) in [6, 6.07) is 9.95. The third-order valence-electron chi connectivity index (χ3n) is 2.99. The van der Waals surface area contributed by atoms with Crippen LogP contribution in [0.4, 0.5) is 0 Å². The second-order valence-electron chi connectivity index (χ2n) is 4.44. The van der Waals surface area contributed by atoms with E-state index in [0.717, 1.165) is 28.0 Å². The summed E-state index contributed by atoms with van der Waals surface area (Å²) in [5.74, 6) is 0.135. The molecule has 1 aromatic heterocycles. The quantitative estimate of drug-likeness (QED) is 0.334. The number of oxime groups is 1. The normalized spacial score (nSPS) is 11.8. The van der Waals surface area contributed by atoms with E-state index in [-0.39, 0.29) is 5.84 Å². The van der Waals surface area contributed by atoms with E-state index in [0.29, 0.717) is 0 Å². The lowest BCUT2D eigenvalue weighted by atomic mass is 10.0. The summed E-state index contributed by atoms with van der Waals surface area (Å²) >= 11 is 5.19. The fraction of sp³-hybridized carbons (Fsp3) is 0.214. The number of amidine groups is 1. The van der Waals surface area contributed by atoms with Gasteiger partial charge in [-0.15, -0.1) is 11.3 Å².